The van der Waals surface area contributed by atoms with Gasteiger partial charge in [0.1, 0.15) is 6.33 Å². The minimum absolute atomic E-state index is 0.584. The molecule has 0 atom stereocenters. The van der Waals surface area contributed by atoms with Crippen molar-refractivity contribution in [3.8, 4) is 56.4 Å². The van der Waals surface area contributed by atoms with Crippen molar-refractivity contribution >= 4 is 43.6 Å². The molecular weight excluding hydrogens is 683 g/mol. The lowest BCUT2D eigenvalue weighted by Gasteiger charge is -2.10. The predicted octanol–water partition coefficient (Wildman–Crippen LogP) is 12.7. The van der Waals surface area contributed by atoms with Crippen LogP contribution in [0.25, 0.3) is 100 Å². The molecule has 0 unspecified atom stereocenters. The Bertz CT molecular complexity index is 3230. The molecule has 3 heterocycles. The third kappa shape index (κ3) is 5.29. The van der Waals surface area contributed by atoms with E-state index in [0.717, 1.165) is 55.3 Å². The molecule has 5 nitrogen and oxygen atoms in total. The van der Waals surface area contributed by atoms with Crippen molar-refractivity contribution in [3.63, 3.8) is 0 Å². The Hall–Kier alpha value is -7.63. The molecule has 11 rings (SSSR count). The van der Waals surface area contributed by atoms with Gasteiger partial charge in [-0.3, -0.25) is 4.57 Å². The molecule has 3 aromatic heterocycles. The molecule has 56 heavy (non-hydrogen) atoms. The Morgan fingerprint density at radius 2 is 0.821 bits per heavy atom. The van der Waals surface area contributed by atoms with Gasteiger partial charge in [0.2, 0.25) is 5.95 Å². The normalized spacial score (nSPS) is 11.6. The van der Waals surface area contributed by atoms with Crippen molar-refractivity contribution in [1.29, 1.82) is 0 Å². The van der Waals surface area contributed by atoms with Crippen molar-refractivity contribution in [2.45, 2.75) is 0 Å². The summed E-state index contributed by atoms with van der Waals surface area (Å²) in [6.45, 7) is 0. The highest BCUT2D eigenvalue weighted by molar-refractivity contribution is 6.12. The van der Waals surface area contributed by atoms with E-state index in [1.54, 1.807) is 6.33 Å². The number of para-hydroxylation sites is 3. The van der Waals surface area contributed by atoms with Gasteiger partial charge in [-0.15, -0.1) is 0 Å². The number of benzene rings is 8. The van der Waals surface area contributed by atoms with E-state index in [1.165, 1.54) is 32.9 Å². The van der Waals surface area contributed by atoms with Crippen LogP contribution in [0.5, 0.6) is 0 Å². The monoisotopic (exact) mass is 715 g/mol. The smallest absolute Gasteiger partial charge is 0.238 e. The summed E-state index contributed by atoms with van der Waals surface area (Å²) in [5.41, 5.74) is 13.5. The highest BCUT2D eigenvalue weighted by Crippen LogP contribution is 2.38. The van der Waals surface area contributed by atoms with E-state index in [2.05, 4.69) is 202 Å². The zero-order valence-corrected chi connectivity index (χ0v) is 30.3. The zero-order chi connectivity index (χ0) is 37.0. The largest absolute Gasteiger partial charge is 0.309 e. The number of hydrogen-bond acceptors (Lipinski definition) is 3. The van der Waals surface area contributed by atoms with E-state index in [0.29, 0.717) is 11.8 Å². The molecule has 0 aliphatic rings. The second kappa shape index (κ2) is 13.0. The van der Waals surface area contributed by atoms with Crippen LogP contribution in [0, 0.1) is 0 Å². The Balaban J connectivity index is 0.992. The maximum atomic E-state index is 5.09. The summed E-state index contributed by atoms with van der Waals surface area (Å²) in [5.74, 6) is 1.21. The lowest BCUT2D eigenvalue weighted by Crippen LogP contribution is -2.03. The van der Waals surface area contributed by atoms with Gasteiger partial charge in [0.05, 0.1) is 22.1 Å². The average molecular weight is 716 g/mol. The van der Waals surface area contributed by atoms with Gasteiger partial charge in [-0.05, 0) is 81.9 Å². The number of nitrogens with zero attached hydrogens (tertiary/aromatic N) is 5. The molecule has 11 aromatic rings. The van der Waals surface area contributed by atoms with Crippen LogP contribution >= 0.6 is 0 Å². The molecule has 0 fully saturated rings. The summed E-state index contributed by atoms with van der Waals surface area (Å²) in [4.78, 5) is 14.5. The molecule has 5 heteroatoms. The molecule has 0 saturated carbocycles. The summed E-state index contributed by atoms with van der Waals surface area (Å²) in [7, 11) is 0. The van der Waals surface area contributed by atoms with Crippen LogP contribution < -0.4 is 0 Å². The van der Waals surface area contributed by atoms with E-state index in [9.17, 15) is 0 Å². The van der Waals surface area contributed by atoms with Crippen LogP contribution in [0.15, 0.2) is 200 Å². The summed E-state index contributed by atoms with van der Waals surface area (Å²) in [6, 6.07) is 68.9. The van der Waals surface area contributed by atoms with Crippen molar-refractivity contribution in [1.82, 2.24) is 24.1 Å². The number of rotatable bonds is 6. The quantitative estimate of drug-likeness (QED) is 0.172. The summed E-state index contributed by atoms with van der Waals surface area (Å²) in [5, 5.41) is 4.77. The van der Waals surface area contributed by atoms with Crippen LogP contribution in [0.2, 0.25) is 0 Å². The Morgan fingerprint density at radius 1 is 0.304 bits per heavy atom. The van der Waals surface area contributed by atoms with Crippen molar-refractivity contribution in [2.24, 2.45) is 0 Å². The van der Waals surface area contributed by atoms with Crippen LogP contribution in [0.1, 0.15) is 0 Å². The molecule has 0 N–H and O–H groups in total. The van der Waals surface area contributed by atoms with Gasteiger partial charge in [-0.1, -0.05) is 146 Å². The summed E-state index contributed by atoms with van der Waals surface area (Å²) in [6.07, 6.45) is 1.62. The van der Waals surface area contributed by atoms with Gasteiger partial charge in [-0.2, -0.15) is 4.98 Å². The second-order valence-corrected chi connectivity index (χ2v) is 14.1. The second-order valence-electron chi connectivity index (χ2n) is 14.1. The lowest BCUT2D eigenvalue weighted by molar-refractivity contribution is 0.947. The van der Waals surface area contributed by atoms with Gasteiger partial charge < -0.3 is 4.57 Å². The zero-order valence-electron chi connectivity index (χ0n) is 30.3. The highest BCUT2D eigenvalue weighted by Gasteiger charge is 2.18. The van der Waals surface area contributed by atoms with Gasteiger partial charge in [0.15, 0.2) is 5.82 Å². The number of fused-ring (bicyclic) bond motifs is 6. The first kappa shape index (κ1) is 31.9. The fourth-order valence-electron chi connectivity index (χ4n) is 8.23. The minimum Gasteiger partial charge on any atom is -0.309 e. The number of aromatic nitrogens is 5. The molecule has 0 aliphatic carbocycles. The number of hydrogen-bond donors (Lipinski definition) is 0. The molecule has 0 saturated heterocycles. The van der Waals surface area contributed by atoms with Gasteiger partial charge in [0, 0.05) is 32.8 Å². The molecule has 0 amide bonds. The van der Waals surface area contributed by atoms with Crippen molar-refractivity contribution < 1.29 is 0 Å². The Kier molecular flexibility index (Phi) is 7.42. The SMILES string of the molecule is c1ccc(-c2ccc(-c3cccc(-c4ncnc(-n5c6ccccc6c6cc(-c7ccc8c9ccccc9n(-c9ccccc9)c8c7)ccc65)n4)c3)cc2)cc1. The van der Waals surface area contributed by atoms with Crippen LogP contribution in [0.4, 0.5) is 0 Å². The molecular formula is C51H33N5. The fourth-order valence-corrected chi connectivity index (χ4v) is 8.23. The third-order valence-corrected chi connectivity index (χ3v) is 10.9. The van der Waals surface area contributed by atoms with Gasteiger partial charge in [0.25, 0.3) is 0 Å². The van der Waals surface area contributed by atoms with Crippen molar-refractivity contribution in [2.75, 3.05) is 0 Å². The Morgan fingerprint density at radius 3 is 1.61 bits per heavy atom. The average Bonchev–Trinajstić information content (AvgIpc) is 3.79. The maximum absolute atomic E-state index is 5.09. The lowest BCUT2D eigenvalue weighted by atomic mass is 9.99. The van der Waals surface area contributed by atoms with Crippen LogP contribution in [0.3, 0.4) is 0 Å². The molecule has 0 bridgehead atoms. The van der Waals surface area contributed by atoms with Gasteiger partial charge in [-0.25, -0.2) is 9.97 Å². The molecule has 0 radical (unpaired) electrons. The van der Waals surface area contributed by atoms with Gasteiger partial charge >= 0.3 is 0 Å². The Labute approximate surface area is 323 Å². The van der Waals surface area contributed by atoms with E-state index < -0.39 is 0 Å². The molecule has 0 aliphatic heterocycles. The molecule has 0 spiro atoms. The maximum Gasteiger partial charge on any atom is 0.238 e. The predicted molar refractivity (Wildman–Crippen MR) is 230 cm³/mol. The first-order chi connectivity index (χ1) is 27.8. The molecule has 8 aromatic carbocycles. The van der Waals surface area contributed by atoms with E-state index in [1.807, 2.05) is 6.07 Å². The topological polar surface area (TPSA) is 48.5 Å². The van der Waals surface area contributed by atoms with Crippen LogP contribution in [-0.4, -0.2) is 24.1 Å². The van der Waals surface area contributed by atoms with E-state index >= 15 is 0 Å². The van der Waals surface area contributed by atoms with E-state index in [-0.39, 0.29) is 0 Å². The first-order valence-corrected chi connectivity index (χ1v) is 18.8. The fraction of sp³-hybridized carbons (Fsp3) is 0. The third-order valence-electron chi connectivity index (χ3n) is 10.9. The molecule has 262 valence electrons. The summed E-state index contributed by atoms with van der Waals surface area (Å²) < 4.78 is 4.52. The first-order valence-electron chi connectivity index (χ1n) is 18.8. The highest BCUT2D eigenvalue weighted by atomic mass is 15.2. The summed E-state index contributed by atoms with van der Waals surface area (Å²) >= 11 is 0. The van der Waals surface area contributed by atoms with Crippen molar-refractivity contribution in [3.05, 3.63) is 200 Å². The van der Waals surface area contributed by atoms with Crippen LogP contribution in [-0.2, 0) is 0 Å². The van der Waals surface area contributed by atoms with E-state index in [4.69, 9.17) is 9.97 Å². The standard InChI is InChI=1S/C51H33N5/c1-3-12-34(13-4-1)35-22-24-36(25-23-35)37-14-11-15-40(30-37)50-52-33-53-51(54-50)56-47-21-10-8-19-43(47)45-31-38(27-29-48(45)56)39-26-28-44-42-18-7-9-20-46(42)55(49(44)32-39)41-16-5-2-6-17-41/h1-33H. The minimum atomic E-state index is 0.584.